The average Bonchev–Trinajstić information content (AvgIpc) is 2.26. The molecule has 0 saturated heterocycles. The Morgan fingerprint density at radius 3 is 3.07 bits per heavy atom. The zero-order valence-corrected chi connectivity index (χ0v) is 8.46. The lowest BCUT2D eigenvalue weighted by Crippen LogP contribution is -1.80. The Kier molecular flexibility index (Phi) is 2.71. The molecule has 0 bridgehead atoms. The van der Waals surface area contributed by atoms with Gasteiger partial charge in [-0.1, -0.05) is 24.0 Å². The highest BCUT2D eigenvalue weighted by atomic mass is 32.1. The Morgan fingerprint density at radius 1 is 1.29 bits per heavy atom. The van der Waals surface area contributed by atoms with Gasteiger partial charge >= 0.3 is 0 Å². The molecule has 0 spiro atoms. The summed E-state index contributed by atoms with van der Waals surface area (Å²) in [7, 11) is 0. The van der Waals surface area contributed by atoms with Crippen LogP contribution in [0.4, 0.5) is 0 Å². The SMILES string of the molecule is SCC#Cc1cccc2cnccc12. The molecule has 2 heteroatoms. The van der Waals surface area contributed by atoms with Crippen molar-refractivity contribution in [2.24, 2.45) is 0 Å². The molecular formula is C12H9NS. The number of fused-ring (bicyclic) bond motifs is 1. The van der Waals surface area contributed by atoms with Gasteiger partial charge in [-0.25, -0.2) is 0 Å². The van der Waals surface area contributed by atoms with E-state index in [1.165, 1.54) is 0 Å². The molecule has 0 atom stereocenters. The Bertz CT molecular complexity index is 503. The number of rotatable bonds is 0. The van der Waals surface area contributed by atoms with Crippen LogP contribution in [0.3, 0.4) is 0 Å². The van der Waals surface area contributed by atoms with Crippen molar-refractivity contribution < 1.29 is 0 Å². The molecule has 0 unspecified atom stereocenters. The van der Waals surface area contributed by atoms with Crippen LogP contribution in [-0.2, 0) is 0 Å². The lowest BCUT2D eigenvalue weighted by Gasteiger charge is -1.98. The number of hydrogen-bond acceptors (Lipinski definition) is 2. The van der Waals surface area contributed by atoms with Crippen LogP contribution in [0.15, 0.2) is 36.7 Å². The average molecular weight is 199 g/mol. The predicted molar refractivity (Wildman–Crippen MR) is 62.5 cm³/mol. The monoisotopic (exact) mass is 199 g/mol. The fourth-order valence-corrected chi connectivity index (χ4v) is 1.45. The predicted octanol–water partition coefficient (Wildman–Crippen LogP) is 2.52. The first kappa shape index (κ1) is 9.11. The third-order valence-corrected chi connectivity index (χ3v) is 2.14. The summed E-state index contributed by atoms with van der Waals surface area (Å²) in [5.41, 5.74) is 1.04. The molecule has 0 aliphatic heterocycles. The quantitative estimate of drug-likeness (QED) is 0.508. The zero-order chi connectivity index (χ0) is 9.80. The lowest BCUT2D eigenvalue weighted by atomic mass is 10.1. The molecule has 1 heterocycles. The van der Waals surface area contributed by atoms with Gasteiger partial charge in [-0.2, -0.15) is 12.6 Å². The minimum absolute atomic E-state index is 0.585. The molecular weight excluding hydrogens is 190 g/mol. The summed E-state index contributed by atoms with van der Waals surface area (Å²) in [6, 6.07) is 8.03. The van der Waals surface area contributed by atoms with Crippen molar-refractivity contribution in [2.45, 2.75) is 0 Å². The second kappa shape index (κ2) is 4.17. The van der Waals surface area contributed by atoms with Gasteiger partial charge in [0.05, 0.1) is 5.75 Å². The highest BCUT2D eigenvalue weighted by Gasteiger charge is 1.95. The molecule has 0 amide bonds. The third-order valence-electron chi connectivity index (χ3n) is 1.98. The van der Waals surface area contributed by atoms with Gasteiger partial charge in [0.25, 0.3) is 0 Å². The zero-order valence-electron chi connectivity index (χ0n) is 7.57. The highest BCUT2D eigenvalue weighted by Crippen LogP contribution is 2.15. The lowest BCUT2D eigenvalue weighted by molar-refractivity contribution is 1.36. The summed E-state index contributed by atoms with van der Waals surface area (Å²) >= 11 is 4.06. The minimum atomic E-state index is 0.585. The number of hydrogen-bond donors (Lipinski definition) is 1. The van der Waals surface area contributed by atoms with Crippen LogP contribution < -0.4 is 0 Å². The second-order valence-electron chi connectivity index (χ2n) is 2.86. The standard InChI is InChI=1S/C12H9NS/c14-8-2-5-10-3-1-4-11-9-13-7-6-12(10)11/h1,3-4,6-7,9,14H,8H2. The highest BCUT2D eigenvalue weighted by molar-refractivity contribution is 7.80. The van der Waals surface area contributed by atoms with E-state index < -0.39 is 0 Å². The maximum absolute atomic E-state index is 4.07. The van der Waals surface area contributed by atoms with Crippen molar-refractivity contribution in [2.75, 3.05) is 5.75 Å². The Balaban J connectivity index is 2.65. The normalized spacial score (nSPS) is 9.50. The molecule has 2 aromatic rings. The van der Waals surface area contributed by atoms with Crippen LogP contribution in [0, 0.1) is 11.8 Å². The number of thiol groups is 1. The van der Waals surface area contributed by atoms with Gasteiger partial charge in [0.15, 0.2) is 0 Å². The maximum atomic E-state index is 4.07. The molecule has 0 aliphatic carbocycles. The van der Waals surface area contributed by atoms with Crippen molar-refractivity contribution in [1.29, 1.82) is 0 Å². The van der Waals surface area contributed by atoms with Crippen LogP contribution in [0.5, 0.6) is 0 Å². The Labute approximate surface area is 88.6 Å². The van der Waals surface area contributed by atoms with E-state index in [-0.39, 0.29) is 0 Å². The van der Waals surface area contributed by atoms with E-state index in [9.17, 15) is 0 Å². The number of benzene rings is 1. The van der Waals surface area contributed by atoms with E-state index in [0.29, 0.717) is 5.75 Å². The molecule has 0 radical (unpaired) electrons. The second-order valence-corrected chi connectivity index (χ2v) is 3.18. The van der Waals surface area contributed by atoms with Crippen LogP contribution in [0.1, 0.15) is 5.56 Å². The van der Waals surface area contributed by atoms with Gasteiger partial charge < -0.3 is 0 Å². The van der Waals surface area contributed by atoms with Gasteiger partial charge in [-0.05, 0) is 12.1 Å². The van der Waals surface area contributed by atoms with Crippen LogP contribution in [-0.4, -0.2) is 10.7 Å². The number of nitrogens with zero attached hydrogens (tertiary/aromatic N) is 1. The molecule has 68 valence electrons. The summed E-state index contributed by atoms with van der Waals surface area (Å²) in [5, 5.41) is 2.27. The fraction of sp³-hybridized carbons (Fsp3) is 0.0833. The molecule has 2 rings (SSSR count). The molecule has 0 N–H and O–H groups in total. The van der Waals surface area contributed by atoms with E-state index in [1.54, 1.807) is 6.20 Å². The Morgan fingerprint density at radius 2 is 2.21 bits per heavy atom. The summed E-state index contributed by atoms with van der Waals surface area (Å²) in [5.74, 6) is 6.62. The van der Waals surface area contributed by atoms with E-state index in [4.69, 9.17) is 0 Å². The van der Waals surface area contributed by atoms with Gasteiger partial charge in [0, 0.05) is 28.7 Å². The molecule has 0 aliphatic rings. The van der Waals surface area contributed by atoms with Crippen molar-refractivity contribution in [3.05, 3.63) is 42.2 Å². The Hall–Kier alpha value is -1.46. The van der Waals surface area contributed by atoms with Crippen molar-refractivity contribution in [3.63, 3.8) is 0 Å². The first-order chi connectivity index (χ1) is 6.92. The smallest absolute Gasteiger partial charge is 0.0521 e. The van der Waals surface area contributed by atoms with Gasteiger partial charge in [0.1, 0.15) is 0 Å². The van der Waals surface area contributed by atoms with E-state index in [2.05, 4.69) is 29.5 Å². The van der Waals surface area contributed by atoms with Crippen molar-refractivity contribution in [1.82, 2.24) is 4.98 Å². The van der Waals surface area contributed by atoms with E-state index >= 15 is 0 Å². The first-order valence-electron chi connectivity index (χ1n) is 4.34. The largest absolute Gasteiger partial charge is 0.264 e. The minimum Gasteiger partial charge on any atom is -0.264 e. The third kappa shape index (κ3) is 1.73. The summed E-state index contributed by atoms with van der Waals surface area (Å²) in [4.78, 5) is 4.07. The van der Waals surface area contributed by atoms with Crippen LogP contribution >= 0.6 is 12.6 Å². The fourth-order valence-electron chi connectivity index (χ4n) is 1.37. The van der Waals surface area contributed by atoms with Crippen LogP contribution in [0.2, 0.25) is 0 Å². The topological polar surface area (TPSA) is 12.9 Å². The molecule has 1 aromatic carbocycles. The molecule has 14 heavy (non-hydrogen) atoms. The van der Waals surface area contributed by atoms with Crippen molar-refractivity contribution >= 4 is 23.4 Å². The first-order valence-corrected chi connectivity index (χ1v) is 4.97. The summed E-state index contributed by atoms with van der Waals surface area (Å²) < 4.78 is 0. The van der Waals surface area contributed by atoms with Gasteiger partial charge in [-0.3, -0.25) is 4.98 Å². The van der Waals surface area contributed by atoms with Crippen LogP contribution in [0.25, 0.3) is 10.8 Å². The van der Waals surface area contributed by atoms with Gasteiger partial charge in [-0.15, -0.1) is 0 Å². The maximum Gasteiger partial charge on any atom is 0.0521 e. The van der Waals surface area contributed by atoms with Crippen molar-refractivity contribution in [3.8, 4) is 11.8 Å². The molecule has 0 saturated carbocycles. The van der Waals surface area contributed by atoms with E-state index in [0.717, 1.165) is 16.3 Å². The number of pyridine rings is 1. The number of aromatic nitrogens is 1. The molecule has 0 fully saturated rings. The van der Waals surface area contributed by atoms with E-state index in [1.807, 2.05) is 30.5 Å². The molecule has 1 nitrogen and oxygen atoms in total. The molecule has 1 aromatic heterocycles. The summed E-state index contributed by atoms with van der Waals surface area (Å²) in [6.45, 7) is 0. The summed E-state index contributed by atoms with van der Waals surface area (Å²) in [6.07, 6.45) is 3.63. The van der Waals surface area contributed by atoms with Gasteiger partial charge in [0.2, 0.25) is 0 Å².